The van der Waals surface area contributed by atoms with Gasteiger partial charge in [-0.15, -0.1) is 0 Å². The summed E-state index contributed by atoms with van der Waals surface area (Å²) < 4.78 is 31.9. The summed E-state index contributed by atoms with van der Waals surface area (Å²) in [4.78, 5) is 14.1. The number of esters is 1. The van der Waals surface area contributed by atoms with E-state index in [1.54, 1.807) is 42.3 Å². The van der Waals surface area contributed by atoms with E-state index >= 15 is 0 Å². The van der Waals surface area contributed by atoms with Crippen LogP contribution in [-0.2, 0) is 10.0 Å². The molecular weight excluding hydrogens is 316 g/mol. The number of rotatable bonds is 2. The van der Waals surface area contributed by atoms with E-state index < -0.39 is 16.0 Å². The number of sulfonamides is 1. The number of ether oxygens (including phenoxy) is 1. The standard InChI is InChI=1S/C16H16N2O4S/c1-11-4-3-5-13(8-11)22-16(19)12-6-7-14-15(9-12)23(20,21)17-10-18(14)2/h3-9,17H,10H2,1-2H3. The van der Waals surface area contributed by atoms with E-state index in [1.165, 1.54) is 6.07 Å². The molecule has 0 bridgehead atoms. The second-order valence-electron chi connectivity index (χ2n) is 5.39. The predicted octanol–water partition coefficient (Wildman–Crippen LogP) is 1.90. The Bertz CT molecular complexity index is 877. The molecule has 0 radical (unpaired) electrons. The summed E-state index contributed by atoms with van der Waals surface area (Å²) in [5.74, 6) is -0.173. The summed E-state index contributed by atoms with van der Waals surface area (Å²) in [7, 11) is -1.84. The number of aryl methyl sites for hydroxylation is 1. The van der Waals surface area contributed by atoms with Crippen LogP contribution in [0.5, 0.6) is 5.75 Å². The molecule has 3 rings (SSSR count). The highest BCUT2D eigenvalue weighted by Gasteiger charge is 2.27. The minimum atomic E-state index is -3.61. The number of benzene rings is 2. The van der Waals surface area contributed by atoms with Crippen LogP contribution in [0.1, 0.15) is 15.9 Å². The summed E-state index contributed by atoms with van der Waals surface area (Å²) in [6.45, 7) is 2.09. The van der Waals surface area contributed by atoms with Gasteiger partial charge < -0.3 is 9.64 Å². The van der Waals surface area contributed by atoms with Gasteiger partial charge in [-0.3, -0.25) is 0 Å². The molecule has 0 aromatic heterocycles. The van der Waals surface area contributed by atoms with Gasteiger partial charge in [0.15, 0.2) is 0 Å². The zero-order chi connectivity index (χ0) is 16.6. The van der Waals surface area contributed by atoms with Crippen molar-refractivity contribution in [2.24, 2.45) is 0 Å². The van der Waals surface area contributed by atoms with Gasteiger partial charge in [0.2, 0.25) is 10.0 Å². The SMILES string of the molecule is Cc1cccc(OC(=O)c2ccc3c(c2)S(=O)(=O)NCN3C)c1. The lowest BCUT2D eigenvalue weighted by molar-refractivity contribution is 0.0734. The Balaban J connectivity index is 1.94. The maximum Gasteiger partial charge on any atom is 0.343 e. The lowest BCUT2D eigenvalue weighted by Gasteiger charge is -2.27. The molecule has 1 heterocycles. The molecule has 6 nitrogen and oxygen atoms in total. The number of hydrogen-bond donors (Lipinski definition) is 1. The molecule has 2 aromatic rings. The number of carbonyl (C=O) groups excluding carboxylic acids is 1. The van der Waals surface area contributed by atoms with Gasteiger partial charge >= 0.3 is 5.97 Å². The summed E-state index contributed by atoms with van der Waals surface area (Å²) in [6, 6.07) is 11.6. The zero-order valence-electron chi connectivity index (χ0n) is 12.7. The molecule has 1 N–H and O–H groups in total. The Labute approximate surface area is 134 Å². The first-order chi connectivity index (χ1) is 10.9. The number of hydrogen-bond acceptors (Lipinski definition) is 5. The average molecular weight is 332 g/mol. The monoisotopic (exact) mass is 332 g/mol. The van der Waals surface area contributed by atoms with Crippen molar-refractivity contribution < 1.29 is 17.9 Å². The minimum absolute atomic E-state index is 0.0740. The van der Waals surface area contributed by atoms with Gasteiger partial charge in [0.25, 0.3) is 0 Å². The number of nitrogens with zero attached hydrogens (tertiary/aromatic N) is 1. The summed E-state index contributed by atoms with van der Waals surface area (Å²) in [5, 5.41) is 0. The van der Waals surface area contributed by atoms with Crippen molar-refractivity contribution in [2.75, 3.05) is 18.6 Å². The molecule has 0 spiro atoms. The third-order valence-corrected chi connectivity index (χ3v) is 5.00. The van der Waals surface area contributed by atoms with E-state index in [-0.39, 0.29) is 17.1 Å². The highest BCUT2D eigenvalue weighted by Crippen LogP contribution is 2.28. The number of anilines is 1. The first-order valence-corrected chi connectivity index (χ1v) is 8.49. The molecule has 0 aliphatic carbocycles. The third-order valence-electron chi connectivity index (χ3n) is 3.59. The van der Waals surface area contributed by atoms with Crippen LogP contribution in [0, 0.1) is 6.92 Å². The molecule has 0 atom stereocenters. The Morgan fingerprint density at radius 3 is 2.74 bits per heavy atom. The molecular formula is C16H16N2O4S. The highest BCUT2D eigenvalue weighted by atomic mass is 32.2. The van der Waals surface area contributed by atoms with Crippen molar-refractivity contribution in [1.29, 1.82) is 0 Å². The number of nitrogens with one attached hydrogen (secondary N) is 1. The van der Waals surface area contributed by atoms with Crippen molar-refractivity contribution in [3.8, 4) is 5.75 Å². The molecule has 0 amide bonds. The lowest BCUT2D eigenvalue weighted by Crippen LogP contribution is -2.41. The van der Waals surface area contributed by atoms with E-state index in [0.717, 1.165) is 5.56 Å². The van der Waals surface area contributed by atoms with Crippen LogP contribution < -0.4 is 14.4 Å². The van der Waals surface area contributed by atoms with Gasteiger partial charge in [0.05, 0.1) is 17.9 Å². The Kier molecular flexibility index (Phi) is 3.83. The average Bonchev–Trinajstić information content (AvgIpc) is 2.51. The van der Waals surface area contributed by atoms with Crippen molar-refractivity contribution in [3.63, 3.8) is 0 Å². The van der Waals surface area contributed by atoms with Crippen LogP contribution in [0.15, 0.2) is 47.4 Å². The van der Waals surface area contributed by atoms with Gasteiger partial charge in [-0.25, -0.2) is 13.2 Å². The van der Waals surface area contributed by atoms with Crippen molar-refractivity contribution in [2.45, 2.75) is 11.8 Å². The van der Waals surface area contributed by atoms with Crippen LogP contribution in [-0.4, -0.2) is 28.1 Å². The number of fused-ring (bicyclic) bond motifs is 1. The summed E-state index contributed by atoms with van der Waals surface area (Å²) >= 11 is 0. The number of carbonyl (C=O) groups is 1. The van der Waals surface area contributed by atoms with Crippen LogP contribution in [0.4, 0.5) is 5.69 Å². The Morgan fingerprint density at radius 1 is 1.22 bits per heavy atom. The second kappa shape index (κ2) is 5.68. The third kappa shape index (κ3) is 3.06. The van der Waals surface area contributed by atoms with Gasteiger partial charge in [-0.05, 0) is 42.8 Å². The molecule has 120 valence electrons. The Hall–Kier alpha value is -2.38. The molecule has 1 aliphatic rings. The largest absolute Gasteiger partial charge is 0.423 e. The second-order valence-corrected chi connectivity index (χ2v) is 7.13. The highest BCUT2D eigenvalue weighted by molar-refractivity contribution is 7.89. The summed E-state index contributed by atoms with van der Waals surface area (Å²) in [6.07, 6.45) is 0. The normalized spacial score (nSPS) is 15.8. The van der Waals surface area contributed by atoms with Gasteiger partial charge in [0.1, 0.15) is 10.6 Å². The zero-order valence-corrected chi connectivity index (χ0v) is 13.6. The quantitative estimate of drug-likeness (QED) is 0.671. The molecule has 0 saturated carbocycles. The molecule has 0 saturated heterocycles. The van der Waals surface area contributed by atoms with E-state index in [2.05, 4.69) is 4.72 Å². The van der Waals surface area contributed by atoms with E-state index in [4.69, 9.17) is 4.74 Å². The van der Waals surface area contributed by atoms with Crippen molar-refractivity contribution in [3.05, 3.63) is 53.6 Å². The molecule has 0 unspecified atom stereocenters. The first-order valence-electron chi connectivity index (χ1n) is 7.00. The van der Waals surface area contributed by atoms with E-state index in [1.807, 2.05) is 13.0 Å². The molecule has 2 aromatic carbocycles. The van der Waals surface area contributed by atoms with Gasteiger partial charge in [-0.2, -0.15) is 4.72 Å². The summed E-state index contributed by atoms with van der Waals surface area (Å²) in [5.41, 5.74) is 1.70. The lowest BCUT2D eigenvalue weighted by atomic mass is 10.2. The Morgan fingerprint density at radius 2 is 2.00 bits per heavy atom. The topological polar surface area (TPSA) is 75.7 Å². The molecule has 23 heavy (non-hydrogen) atoms. The fourth-order valence-electron chi connectivity index (χ4n) is 2.36. The van der Waals surface area contributed by atoms with Crippen LogP contribution in [0.2, 0.25) is 0 Å². The fraction of sp³-hybridized carbons (Fsp3) is 0.188. The van der Waals surface area contributed by atoms with E-state index in [0.29, 0.717) is 11.4 Å². The maximum atomic E-state index is 12.3. The first kappa shape index (κ1) is 15.5. The van der Waals surface area contributed by atoms with Crippen molar-refractivity contribution >= 4 is 21.7 Å². The van der Waals surface area contributed by atoms with Crippen LogP contribution >= 0.6 is 0 Å². The minimum Gasteiger partial charge on any atom is -0.423 e. The van der Waals surface area contributed by atoms with Crippen LogP contribution in [0.25, 0.3) is 0 Å². The van der Waals surface area contributed by atoms with Crippen LogP contribution in [0.3, 0.4) is 0 Å². The predicted molar refractivity (Wildman–Crippen MR) is 86.2 cm³/mol. The van der Waals surface area contributed by atoms with Gasteiger partial charge in [-0.1, -0.05) is 12.1 Å². The molecule has 1 aliphatic heterocycles. The molecule has 7 heteroatoms. The van der Waals surface area contributed by atoms with Crippen molar-refractivity contribution in [1.82, 2.24) is 4.72 Å². The fourth-order valence-corrected chi connectivity index (χ4v) is 3.66. The molecule has 0 fully saturated rings. The van der Waals surface area contributed by atoms with Gasteiger partial charge in [0, 0.05) is 7.05 Å². The smallest absolute Gasteiger partial charge is 0.343 e. The van der Waals surface area contributed by atoms with E-state index in [9.17, 15) is 13.2 Å². The maximum absolute atomic E-state index is 12.3.